The number of hydrogen-bond acceptors (Lipinski definition) is 4. The van der Waals surface area contributed by atoms with Gasteiger partial charge in [-0.05, 0) is 29.8 Å². The lowest BCUT2D eigenvalue weighted by Crippen LogP contribution is -2.26. The van der Waals surface area contributed by atoms with Crippen LogP contribution in [-0.2, 0) is 6.54 Å². The van der Waals surface area contributed by atoms with Crippen LogP contribution in [0.3, 0.4) is 0 Å². The van der Waals surface area contributed by atoms with Gasteiger partial charge in [0.15, 0.2) is 0 Å². The van der Waals surface area contributed by atoms with Crippen LogP contribution in [-0.4, -0.2) is 23.2 Å². The van der Waals surface area contributed by atoms with Crippen LogP contribution >= 0.6 is 11.6 Å². The zero-order chi connectivity index (χ0) is 16.1. The third kappa shape index (κ3) is 3.93. The lowest BCUT2D eigenvalue weighted by molar-refractivity contribution is -0.384. The largest absolute Gasteiger partial charge is 0.395 e. The molecule has 0 aromatic heterocycles. The highest BCUT2D eigenvalue weighted by molar-refractivity contribution is 6.30. The molecule has 116 valence electrons. The fourth-order valence-corrected chi connectivity index (χ4v) is 2.38. The van der Waals surface area contributed by atoms with E-state index >= 15 is 0 Å². The fourth-order valence-electron chi connectivity index (χ4n) is 2.17. The Hall–Kier alpha value is -2.18. The zero-order valence-corrected chi connectivity index (χ0v) is 12.3. The Morgan fingerprint density at radius 3 is 2.68 bits per heavy atom. The molecule has 7 heteroatoms. The summed E-state index contributed by atoms with van der Waals surface area (Å²) in [6, 6.07) is 10.4. The Labute approximate surface area is 131 Å². The predicted octanol–water partition coefficient (Wildman–Crippen LogP) is 3.39. The van der Waals surface area contributed by atoms with Gasteiger partial charge in [-0.15, -0.1) is 0 Å². The Kier molecular flexibility index (Phi) is 5.30. The van der Waals surface area contributed by atoms with E-state index < -0.39 is 10.7 Å². The Balaban J connectivity index is 2.37. The van der Waals surface area contributed by atoms with Crippen molar-refractivity contribution in [3.63, 3.8) is 0 Å². The average Bonchev–Trinajstić information content (AvgIpc) is 2.47. The van der Waals surface area contributed by atoms with Gasteiger partial charge >= 0.3 is 0 Å². The summed E-state index contributed by atoms with van der Waals surface area (Å²) in [7, 11) is 0. The van der Waals surface area contributed by atoms with E-state index in [1.165, 1.54) is 6.07 Å². The normalized spacial score (nSPS) is 10.5. The van der Waals surface area contributed by atoms with Crippen LogP contribution in [0.15, 0.2) is 42.5 Å². The predicted molar refractivity (Wildman–Crippen MR) is 82.6 cm³/mol. The number of anilines is 1. The van der Waals surface area contributed by atoms with Gasteiger partial charge in [0.05, 0.1) is 17.6 Å². The molecule has 0 saturated heterocycles. The van der Waals surface area contributed by atoms with Crippen LogP contribution in [0.5, 0.6) is 0 Å². The SMILES string of the molecule is O=[N+]([O-])c1cc(F)ccc1N(CCO)Cc1cccc(Cl)c1. The summed E-state index contributed by atoms with van der Waals surface area (Å²) < 4.78 is 13.2. The minimum atomic E-state index is -0.679. The van der Waals surface area contributed by atoms with Crippen molar-refractivity contribution in [1.82, 2.24) is 0 Å². The molecule has 0 aliphatic rings. The summed E-state index contributed by atoms with van der Waals surface area (Å²) in [4.78, 5) is 12.1. The molecular formula is C15H14ClFN2O3. The molecule has 2 rings (SSSR count). The zero-order valence-electron chi connectivity index (χ0n) is 11.6. The van der Waals surface area contributed by atoms with E-state index in [0.29, 0.717) is 11.6 Å². The monoisotopic (exact) mass is 324 g/mol. The van der Waals surface area contributed by atoms with Crippen LogP contribution in [0.25, 0.3) is 0 Å². The van der Waals surface area contributed by atoms with Gasteiger partial charge in [-0.1, -0.05) is 23.7 Å². The van der Waals surface area contributed by atoms with E-state index in [-0.39, 0.29) is 24.5 Å². The molecule has 0 radical (unpaired) electrons. The summed E-state index contributed by atoms with van der Waals surface area (Å²) in [6.45, 7) is 0.307. The van der Waals surface area contributed by atoms with Crippen LogP contribution in [0, 0.1) is 15.9 Å². The third-order valence-corrected chi connectivity index (χ3v) is 3.34. The highest BCUT2D eigenvalue weighted by atomic mass is 35.5. The van der Waals surface area contributed by atoms with Crippen molar-refractivity contribution in [2.75, 3.05) is 18.1 Å². The Bertz CT molecular complexity index is 682. The number of halogens is 2. The minimum Gasteiger partial charge on any atom is -0.395 e. The van der Waals surface area contributed by atoms with Gasteiger partial charge in [-0.2, -0.15) is 0 Å². The van der Waals surface area contributed by atoms with E-state index in [1.807, 2.05) is 6.07 Å². The molecule has 0 bridgehead atoms. The summed E-state index contributed by atoms with van der Waals surface area (Å²) in [5.74, 6) is -0.679. The number of nitro benzene ring substituents is 1. The lowest BCUT2D eigenvalue weighted by Gasteiger charge is -2.24. The second kappa shape index (κ2) is 7.20. The lowest BCUT2D eigenvalue weighted by atomic mass is 10.1. The third-order valence-electron chi connectivity index (χ3n) is 3.11. The first-order valence-corrected chi connectivity index (χ1v) is 6.93. The molecule has 0 fully saturated rings. The van der Waals surface area contributed by atoms with Crippen LogP contribution < -0.4 is 4.90 Å². The van der Waals surface area contributed by atoms with E-state index in [4.69, 9.17) is 11.6 Å². The first-order chi connectivity index (χ1) is 10.5. The molecule has 5 nitrogen and oxygen atoms in total. The first-order valence-electron chi connectivity index (χ1n) is 6.55. The summed E-state index contributed by atoms with van der Waals surface area (Å²) in [6.07, 6.45) is 0. The van der Waals surface area contributed by atoms with Gasteiger partial charge in [0, 0.05) is 18.1 Å². The molecule has 2 aromatic rings. The molecular weight excluding hydrogens is 311 g/mol. The van der Waals surface area contributed by atoms with Crippen molar-refractivity contribution in [1.29, 1.82) is 0 Å². The van der Waals surface area contributed by atoms with E-state index in [0.717, 1.165) is 17.7 Å². The number of nitrogens with zero attached hydrogens (tertiary/aromatic N) is 2. The molecule has 0 saturated carbocycles. The highest BCUT2D eigenvalue weighted by Crippen LogP contribution is 2.30. The molecule has 0 heterocycles. The maximum absolute atomic E-state index is 13.2. The van der Waals surface area contributed by atoms with Crippen molar-refractivity contribution in [3.05, 3.63) is 69.0 Å². The number of rotatable bonds is 6. The Morgan fingerprint density at radius 2 is 2.05 bits per heavy atom. The van der Waals surface area contributed by atoms with Gasteiger partial charge in [-0.25, -0.2) is 4.39 Å². The molecule has 0 unspecified atom stereocenters. The number of benzene rings is 2. The smallest absolute Gasteiger partial charge is 0.295 e. The minimum absolute atomic E-state index is 0.180. The molecule has 0 amide bonds. The molecule has 2 aromatic carbocycles. The second-order valence-corrected chi connectivity index (χ2v) is 5.10. The molecule has 1 N–H and O–H groups in total. The van der Waals surface area contributed by atoms with Gasteiger partial charge < -0.3 is 10.0 Å². The second-order valence-electron chi connectivity index (χ2n) is 4.67. The van der Waals surface area contributed by atoms with Crippen molar-refractivity contribution >= 4 is 23.0 Å². The summed E-state index contributed by atoms with van der Waals surface area (Å²) in [5.41, 5.74) is 0.746. The number of hydrogen-bond donors (Lipinski definition) is 1. The van der Waals surface area contributed by atoms with Crippen LogP contribution in [0.4, 0.5) is 15.8 Å². The highest BCUT2D eigenvalue weighted by Gasteiger charge is 2.20. The molecule has 0 aliphatic carbocycles. The maximum Gasteiger partial charge on any atom is 0.295 e. The van der Waals surface area contributed by atoms with Gasteiger partial charge in [0.25, 0.3) is 5.69 Å². The van der Waals surface area contributed by atoms with Gasteiger partial charge in [0.1, 0.15) is 11.5 Å². The van der Waals surface area contributed by atoms with Gasteiger partial charge in [-0.3, -0.25) is 10.1 Å². The maximum atomic E-state index is 13.2. The number of aliphatic hydroxyl groups excluding tert-OH is 1. The molecule has 0 atom stereocenters. The van der Waals surface area contributed by atoms with Crippen molar-refractivity contribution in [2.24, 2.45) is 0 Å². The summed E-state index contributed by atoms with van der Waals surface area (Å²) in [5, 5.41) is 20.9. The van der Waals surface area contributed by atoms with E-state index in [2.05, 4.69) is 0 Å². The van der Waals surface area contributed by atoms with Crippen molar-refractivity contribution in [2.45, 2.75) is 6.54 Å². The average molecular weight is 325 g/mol. The standard InChI is InChI=1S/C15H14ClFN2O3/c16-12-3-1-2-11(8-12)10-18(6-7-20)14-5-4-13(17)9-15(14)19(21)22/h1-5,8-9,20H,6-7,10H2. The molecule has 0 spiro atoms. The van der Waals surface area contributed by atoms with Crippen LogP contribution in [0.2, 0.25) is 5.02 Å². The van der Waals surface area contributed by atoms with E-state index in [1.54, 1.807) is 23.1 Å². The van der Waals surface area contributed by atoms with Crippen LogP contribution in [0.1, 0.15) is 5.56 Å². The fraction of sp³-hybridized carbons (Fsp3) is 0.200. The topological polar surface area (TPSA) is 66.6 Å². The van der Waals surface area contributed by atoms with Crippen molar-refractivity contribution < 1.29 is 14.4 Å². The van der Waals surface area contributed by atoms with Gasteiger partial charge in [0.2, 0.25) is 0 Å². The molecule has 0 aliphatic heterocycles. The Morgan fingerprint density at radius 1 is 1.27 bits per heavy atom. The first kappa shape index (κ1) is 16.2. The number of nitro groups is 1. The van der Waals surface area contributed by atoms with E-state index in [9.17, 15) is 19.6 Å². The summed E-state index contributed by atoms with van der Waals surface area (Å²) >= 11 is 5.93. The molecule has 22 heavy (non-hydrogen) atoms. The van der Waals surface area contributed by atoms with Crippen molar-refractivity contribution in [3.8, 4) is 0 Å². The number of aliphatic hydroxyl groups is 1. The quantitative estimate of drug-likeness (QED) is 0.653.